The molecule has 1 aliphatic carbocycles. The lowest BCUT2D eigenvalue weighted by molar-refractivity contribution is 0.0739. The van der Waals surface area contributed by atoms with Crippen LogP contribution in [0.1, 0.15) is 19.4 Å². The third-order valence-electron chi connectivity index (χ3n) is 4.98. The quantitative estimate of drug-likeness (QED) is 0.894. The van der Waals surface area contributed by atoms with Crippen LogP contribution in [0.15, 0.2) is 30.3 Å². The first-order chi connectivity index (χ1) is 11.8. The van der Waals surface area contributed by atoms with E-state index in [1.54, 1.807) is 0 Å². The molecule has 0 spiro atoms. The summed E-state index contributed by atoms with van der Waals surface area (Å²) in [6.07, 6.45) is 0.0786. The fourth-order valence-electron chi connectivity index (χ4n) is 3.49. The van der Waals surface area contributed by atoms with Gasteiger partial charge in [0.05, 0.1) is 5.60 Å². The van der Waals surface area contributed by atoms with Crippen LogP contribution < -0.4 is 10.1 Å². The zero-order chi connectivity index (χ0) is 17.8. The zero-order valence-corrected chi connectivity index (χ0v) is 14.1. The van der Waals surface area contributed by atoms with Crippen molar-refractivity contribution in [1.29, 1.82) is 0 Å². The molecule has 0 unspecified atom stereocenters. The zero-order valence-electron chi connectivity index (χ0n) is 14.1. The molecule has 6 heteroatoms. The van der Waals surface area contributed by atoms with Gasteiger partial charge in [0.15, 0.2) is 5.82 Å². The van der Waals surface area contributed by atoms with E-state index in [-0.39, 0.29) is 23.2 Å². The number of aromatic nitrogens is 1. The minimum atomic E-state index is -1.39. The van der Waals surface area contributed by atoms with Crippen molar-refractivity contribution in [3.8, 4) is 17.1 Å². The smallest absolute Gasteiger partial charge is 0.214 e. The molecule has 1 aromatic heterocycles. The average Bonchev–Trinajstić information content (AvgIpc) is 2.98. The fraction of sp³-hybridized carbons (Fsp3) is 0.421. The number of pyridine rings is 1. The van der Waals surface area contributed by atoms with Crippen LogP contribution in [-0.2, 0) is 5.60 Å². The monoisotopic (exact) mass is 346 g/mol. The highest BCUT2D eigenvalue weighted by atomic mass is 19.1. The standard InChI is InChI=1S/C19H20F2N2O2/c1-19(2,24)14-7-15(25-18-12-8-22-9-13(12)18)23-17(16(14)21)10-3-5-11(20)6-4-10/h3-7,12-13,18,22,24H,8-9H2,1-2H3/t12-,13+,18+. The molecule has 2 fully saturated rings. The molecule has 0 bridgehead atoms. The molecule has 1 saturated carbocycles. The first kappa shape index (κ1) is 16.4. The molecule has 1 aliphatic heterocycles. The maximum Gasteiger partial charge on any atom is 0.214 e. The van der Waals surface area contributed by atoms with E-state index in [0.717, 1.165) is 13.1 Å². The predicted molar refractivity (Wildman–Crippen MR) is 89.1 cm³/mol. The number of ether oxygens (including phenoxy) is 1. The van der Waals surface area contributed by atoms with Crippen molar-refractivity contribution >= 4 is 0 Å². The lowest BCUT2D eigenvalue weighted by Crippen LogP contribution is -2.22. The van der Waals surface area contributed by atoms with Crippen molar-refractivity contribution in [3.05, 3.63) is 47.5 Å². The van der Waals surface area contributed by atoms with Gasteiger partial charge in [0.2, 0.25) is 5.88 Å². The van der Waals surface area contributed by atoms with Gasteiger partial charge >= 0.3 is 0 Å². The molecule has 3 atom stereocenters. The van der Waals surface area contributed by atoms with Gasteiger partial charge in [0.1, 0.15) is 17.6 Å². The lowest BCUT2D eigenvalue weighted by atomic mass is 9.96. The first-order valence-corrected chi connectivity index (χ1v) is 8.41. The van der Waals surface area contributed by atoms with Crippen molar-refractivity contribution in [2.45, 2.75) is 25.6 Å². The summed E-state index contributed by atoms with van der Waals surface area (Å²) in [7, 11) is 0. The second-order valence-corrected chi connectivity index (χ2v) is 7.30. The number of fused-ring (bicyclic) bond motifs is 1. The summed E-state index contributed by atoms with van der Waals surface area (Å²) in [6, 6.07) is 6.90. The molecule has 132 valence electrons. The van der Waals surface area contributed by atoms with Crippen molar-refractivity contribution in [3.63, 3.8) is 0 Å². The van der Waals surface area contributed by atoms with Crippen LogP contribution in [0.5, 0.6) is 5.88 Å². The van der Waals surface area contributed by atoms with Gasteiger partial charge in [-0.15, -0.1) is 0 Å². The molecule has 4 rings (SSSR count). The topological polar surface area (TPSA) is 54.4 Å². The number of aliphatic hydroxyl groups is 1. The molecule has 4 nitrogen and oxygen atoms in total. The van der Waals surface area contributed by atoms with Gasteiger partial charge in [-0.25, -0.2) is 13.8 Å². The third kappa shape index (κ3) is 3.00. The fourth-order valence-corrected chi connectivity index (χ4v) is 3.49. The summed E-state index contributed by atoms with van der Waals surface area (Å²) in [6.45, 7) is 4.86. The summed E-state index contributed by atoms with van der Waals surface area (Å²) in [5.41, 5.74) is -0.784. The number of rotatable bonds is 4. The molecule has 1 aromatic carbocycles. The molecule has 2 aromatic rings. The molecule has 2 N–H and O–H groups in total. The Morgan fingerprint density at radius 3 is 2.40 bits per heavy atom. The maximum atomic E-state index is 14.9. The minimum Gasteiger partial charge on any atom is -0.474 e. The number of halogens is 2. The molecule has 2 heterocycles. The first-order valence-electron chi connectivity index (χ1n) is 8.41. The Hall–Kier alpha value is -2.05. The Bertz CT molecular complexity index is 792. The maximum absolute atomic E-state index is 14.9. The Kier molecular flexibility index (Phi) is 3.77. The van der Waals surface area contributed by atoms with E-state index in [0.29, 0.717) is 17.4 Å². The summed E-state index contributed by atoms with van der Waals surface area (Å²) < 4.78 is 34.1. The number of hydrogen-bond donors (Lipinski definition) is 2. The number of nitrogens with one attached hydrogen (secondary N) is 1. The van der Waals surface area contributed by atoms with Gasteiger partial charge in [-0.1, -0.05) is 0 Å². The van der Waals surface area contributed by atoms with Crippen molar-refractivity contribution in [2.75, 3.05) is 13.1 Å². The highest BCUT2D eigenvalue weighted by Gasteiger charge is 2.55. The van der Waals surface area contributed by atoms with Gasteiger partial charge in [-0.05, 0) is 38.1 Å². The second-order valence-electron chi connectivity index (χ2n) is 7.30. The molecule has 2 aliphatic rings. The second kappa shape index (κ2) is 5.75. The summed E-state index contributed by atoms with van der Waals surface area (Å²) in [4.78, 5) is 4.30. The van der Waals surface area contributed by atoms with E-state index in [1.807, 2.05) is 0 Å². The van der Waals surface area contributed by atoms with Crippen LogP contribution in [0.25, 0.3) is 11.3 Å². The van der Waals surface area contributed by atoms with Crippen LogP contribution >= 0.6 is 0 Å². The number of piperidine rings is 1. The highest BCUT2D eigenvalue weighted by Crippen LogP contribution is 2.45. The van der Waals surface area contributed by atoms with E-state index in [1.165, 1.54) is 44.2 Å². The summed E-state index contributed by atoms with van der Waals surface area (Å²) >= 11 is 0. The third-order valence-corrected chi connectivity index (χ3v) is 4.98. The lowest BCUT2D eigenvalue weighted by Gasteiger charge is -2.21. The van der Waals surface area contributed by atoms with Gasteiger partial charge in [-0.3, -0.25) is 0 Å². The van der Waals surface area contributed by atoms with Crippen LogP contribution in [0.3, 0.4) is 0 Å². The largest absolute Gasteiger partial charge is 0.474 e. The van der Waals surface area contributed by atoms with Crippen molar-refractivity contribution in [2.24, 2.45) is 11.8 Å². The summed E-state index contributed by atoms with van der Waals surface area (Å²) in [5, 5.41) is 13.6. The minimum absolute atomic E-state index is 0.0542. The van der Waals surface area contributed by atoms with E-state index < -0.39 is 17.2 Å². The Morgan fingerprint density at radius 2 is 1.80 bits per heavy atom. The molecular weight excluding hydrogens is 326 g/mol. The predicted octanol–water partition coefficient (Wildman–Crippen LogP) is 2.85. The normalized spacial score (nSPS) is 24.9. The molecule has 0 amide bonds. The molecule has 0 radical (unpaired) electrons. The van der Waals surface area contributed by atoms with Gasteiger partial charge in [0, 0.05) is 42.1 Å². The van der Waals surface area contributed by atoms with Crippen molar-refractivity contribution in [1.82, 2.24) is 10.3 Å². The van der Waals surface area contributed by atoms with E-state index in [2.05, 4.69) is 10.3 Å². The van der Waals surface area contributed by atoms with Gasteiger partial charge in [0.25, 0.3) is 0 Å². The van der Waals surface area contributed by atoms with Crippen LogP contribution in [-0.4, -0.2) is 29.3 Å². The van der Waals surface area contributed by atoms with Crippen LogP contribution in [0, 0.1) is 23.5 Å². The number of hydrogen-bond acceptors (Lipinski definition) is 4. The van der Waals surface area contributed by atoms with Crippen molar-refractivity contribution < 1.29 is 18.6 Å². The van der Waals surface area contributed by atoms with E-state index in [9.17, 15) is 13.9 Å². The van der Waals surface area contributed by atoms with Gasteiger partial charge in [-0.2, -0.15) is 0 Å². The summed E-state index contributed by atoms with van der Waals surface area (Å²) in [5.74, 6) is 0.192. The van der Waals surface area contributed by atoms with E-state index >= 15 is 0 Å². The molecule has 1 saturated heterocycles. The Labute approximate surface area is 144 Å². The van der Waals surface area contributed by atoms with Gasteiger partial charge < -0.3 is 15.2 Å². The molecular formula is C19H20F2N2O2. The Morgan fingerprint density at radius 1 is 1.16 bits per heavy atom. The van der Waals surface area contributed by atoms with E-state index in [4.69, 9.17) is 4.74 Å². The Balaban J connectivity index is 1.74. The average molecular weight is 346 g/mol. The van der Waals surface area contributed by atoms with Crippen LogP contribution in [0.2, 0.25) is 0 Å². The van der Waals surface area contributed by atoms with Crippen LogP contribution in [0.4, 0.5) is 8.78 Å². The molecule has 25 heavy (non-hydrogen) atoms. The highest BCUT2D eigenvalue weighted by molar-refractivity contribution is 5.62. The SMILES string of the molecule is CC(C)(O)c1cc(O[C@H]2[C@@H]3CNC[C@@H]32)nc(-c2ccc(F)cc2)c1F. The number of nitrogens with zero attached hydrogens (tertiary/aromatic N) is 1. The number of benzene rings is 1.